The minimum Gasteiger partial charge on any atom is -0.252 e. The molecule has 0 aliphatic heterocycles. The van der Waals surface area contributed by atoms with Crippen molar-refractivity contribution in [1.82, 2.24) is 4.98 Å². The summed E-state index contributed by atoms with van der Waals surface area (Å²) in [6.45, 7) is 0. The Bertz CT molecular complexity index is 658. The molecule has 1 aromatic heterocycles. The molecule has 0 radical (unpaired) electrons. The normalized spacial score (nSPS) is 12.7. The van der Waals surface area contributed by atoms with Gasteiger partial charge in [-0.3, -0.25) is 4.21 Å². The molecule has 1 heterocycles. The van der Waals surface area contributed by atoms with Crippen LogP contribution in [0.2, 0.25) is 0 Å². The van der Waals surface area contributed by atoms with E-state index in [0.717, 1.165) is 15.8 Å². The van der Waals surface area contributed by atoms with Gasteiger partial charge in [-0.05, 0) is 17.7 Å². The van der Waals surface area contributed by atoms with Crippen LogP contribution in [0, 0.1) is 0 Å². The fourth-order valence-corrected chi connectivity index (χ4v) is 4.07. The van der Waals surface area contributed by atoms with Crippen LogP contribution in [0.5, 0.6) is 0 Å². The monoisotopic (exact) mass is 273 g/mol. The summed E-state index contributed by atoms with van der Waals surface area (Å²) in [7, 11) is -1.06. The number of benzene rings is 2. The molecule has 0 amide bonds. The molecule has 0 unspecified atom stereocenters. The summed E-state index contributed by atoms with van der Waals surface area (Å²) in [5.41, 5.74) is 2.01. The maximum atomic E-state index is 12.2. The van der Waals surface area contributed by atoms with E-state index in [1.165, 1.54) is 11.3 Å². The summed E-state index contributed by atoms with van der Waals surface area (Å²) in [5, 5.41) is 0. The van der Waals surface area contributed by atoms with E-state index in [1.54, 1.807) is 0 Å². The van der Waals surface area contributed by atoms with Gasteiger partial charge in [0.15, 0.2) is 4.34 Å². The highest BCUT2D eigenvalue weighted by atomic mass is 32.2. The van der Waals surface area contributed by atoms with E-state index in [4.69, 9.17) is 0 Å². The Kier molecular flexibility index (Phi) is 3.21. The van der Waals surface area contributed by atoms with E-state index >= 15 is 0 Å². The van der Waals surface area contributed by atoms with Gasteiger partial charge < -0.3 is 0 Å². The minimum atomic E-state index is -1.06. The molecule has 0 bridgehead atoms. The van der Waals surface area contributed by atoms with Crippen molar-refractivity contribution >= 4 is 32.4 Å². The summed E-state index contributed by atoms with van der Waals surface area (Å²) in [6.07, 6.45) is 0. The predicted octanol–water partition coefficient (Wildman–Crippen LogP) is 3.60. The number of rotatable bonds is 3. The molecule has 18 heavy (non-hydrogen) atoms. The van der Waals surface area contributed by atoms with Crippen LogP contribution in [0.25, 0.3) is 10.2 Å². The highest BCUT2D eigenvalue weighted by Gasteiger charge is 2.10. The molecule has 0 aliphatic carbocycles. The number of para-hydroxylation sites is 1. The minimum absolute atomic E-state index is 0.528. The highest BCUT2D eigenvalue weighted by molar-refractivity contribution is 7.86. The fourth-order valence-electron chi connectivity index (χ4n) is 1.74. The van der Waals surface area contributed by atoms with Crippen LogP contribution < -0.4 is 0 Å². The van der Waals surface area contributed by atoms with E-state index in [9.17, 15) is 4.21 Å². The first kappa shape index (κ1) is 11.6. The van der Waals surface area contributed by atoms with Crippen molar-refractivity contribution in [2.45, 2.75) is 10.1 Å². The van der Waals surface area contributed by atoms with Crippen molar-refractivity contribution in [1.29, 1.82) is 0 Å². The van der Waals surface area contributed by atoms with Gasteiger partial charge in [-0.2, -0.15) is 0 Å². The zero-order valence-corrected chi connectivity index (χ0v) is 11.2. The fraction of sp³-hybridized carbons (Fsp3) is 0.0714. The van der Waals surface area contributed by atoms with Crippen LogP contribution >= 0.6 is 11.3 Å². The molecule has 2 nitrogen and oxygen atoms in total. The van der Waals surface area contributed by atoms with Gasteiger partial charge in [-0.15, -0.1) is 11.3 Å². The van der Waals surface area contributed by atoms with Crippen molar-refractivity contribution in [3.63, 3.8) is 0 Å². The largest absolute Gasteiger partial charge is 0.252 e. The average Bonchev–Trinajstić information content (AvgIpc) is 2.84. The molecule has 3 aromatic rings. The lowest BCUT2D eigenvalue weighted by Gasteiger charge is -1.98. The smallest absolute Gasteiger partial charge is 0.182 e. The topological polar surface area (TPSA) is 30.0 Å². The quantitative estimate of drug-likeness (QED) is 0.729. The molecule has 0 fully saturated rings. The Morgan fingerprint density at radius 1 is 1.00 bits per heavy atom. The van der Waals surface area contributed by atoms with Crippen molar-refractivity contribution in [3.8, 4) is 0 Å². The number of nitrogens with zero attached hydrogens (tertiary/aromatic N) is 1. The van der Waals surface area contributed by atoms with Crippen molar-refractivity contribution < 1.29 is 4.21 Å². The lowest BCUT2D eigenvalue weighted by atomic mass is 10.2. The molecule has 4 heteroatoms. The third-order valence-electron chi connectivity index (χ3n) is 2.61. The van der Waals surface area contributed by atoms with Crippen LogP contribution in [-0.2, 0) is 16.6 Å². The lowest BCUT2D eigenvalue weighted by molar-refractivity contribution is 0.682. The molecule has 90 valence electrons. The number of hydrogen-bond acceptors (Lipinski definition) is 3. The van der Waals surface area contributed by atoms with Gasteiger partial charge in [0, 0.05) is 0 Å². The Morgan fingerprint density at radius 2 is 1.72 bits per heavy atom. The SMILES string of the molecule is O=[S@@](Cc1ccccc1)c1nc2ccccc2s1. The Morgan fingerprint density at radius 3 is 2.50 bits per heavy atom. The van der Waals surface area contributed by atoms with Gasteiger partial charge in [0.2, 0.25) is 0 Å². The summed E-state index contributed by atoms with van der Waals surface area (Å²) >= 11 is 1.51. The molecular formula is C14H11NOS2. The zero-order valence-electron chi connectivity index (χ0n) is 9.58. The van der Waals surface area contributed by atoms with Gasteiger partial charge in [0.1, 0.15) is 0 Å². The molecule has 0 aliphatic rings. The zero-order chi connectivity index (χ0) is 12.4. The van der Waals surface area contributed by atoms with E-state index in [2.05, 4.69) is 4.98 Å². The molecule has 2 aromatic carbocycles. The average molecular weight is 273 g/mol. The van der Waals surface area contributed by atoms with Gasteiger partial charge in [0.05, 0.1) is 26.8 Å². The molecule has 0 saturated carbocycles. The first-order valence-electron chi connectivity index (χ1n) is 5.61. The maximum absolute atomic E-state index is 12.2. The lowest BCUT2D eigenvalue weighted by Crippen LogP contribution is -1.95. The van der Waals surface area contributed by atoms with Crippen LogP contribution in [0.15, 0.2) is 58.9 Å². The third-order valence-corrected chi connectivity index (χ3v) is 5.32. The van der Waals surface area contributed by atoms with Crippen LogP contribution in [-0.4, -0.2) is 9.19 Å². The van der Waals surface area contributed by atoms with Gasteiger partial charge in [-0.25, -0.2) is 4.98 Å². The second-order valence-corrected chi connectivity index (χ2v) is 6.58. The third kappa shape index (κ3) is 2.35. The molecule has 3 rings (SSSR count). The maximum Gasteiger partial charge on any atom is 0.182 e. The summed E-state index contributed by atoms with van der Waals surface area (Å²) in [6, 6.07) is 17.8. The van der Waals surface area contributed by atoms with E-state index in [-0.39, 0.29) is 0 Å². The van der Waals surface area contributed by atoms with Crippen molar-refractivity contribution in [2.75, 3.05) is 0 Å². The second kappa shape index (κ2) is 5.00. The number of aromatic nitrogens is 1. The summed E-state index contributed by atoms with van der Waals surface area (Å²) < 4.78 is 14.0. The molecular weight excluding hydrogens is 262 g/mol. The van der Waals surface area contributed by atoms with Gasteiger partial charge in [-0.1, -0.05) is 42.5 Å². The van der Waals surface area contributed by atoms with E-state index in [1.807, 2.05) is 54.6 Å². The van der Waals surface area contributed by atoms with Gasteiger partial charge >= 0.3 is 0 Å². The molecule has 0 spiro atoms. The first-order chi connectivity index (χ1) is 8.83. The molecule has 0 saturated heterocycles. The van der Waals surface area contributed by atoms with Crippen molar-refractivity contribution in [2.24, 2.45) is 0 Å². The van der Waals surface area contributed by atoms with Crippen LogP contribution in [0.3, 0.4) is 0 Å². The summed E-state index contributed by atoms with van der Waals surface area (Å²) in [5.74, 6) is 0.528. The predicted molar refractivity (Wildman–Crippen MR) is 76.2 cm³/mol. The Balaban J connectivity index is 1.88. The Hall–Kier alpha value is -1.52. The number of thiazole rings is 1. The van der Waals surface area contributed by atoms with Crippen molar-refractivity contribution in [3.05, 3.63) is 60.2 Å². The second-order valence-electron chi connectivity index (χ2n) is 3.92. The standard InChI is InChI=1S/C14H11NOS2/c16-18(10-11-6-2-1-3-7-11)14-15-12-8-4-5-9-13(12)17-14/h1-9H,10H2/t18-/m0/s1. The van der Waals surface area contributed by atoms with E-state index < -0.39 is 10.8 Å². The molecule has 1 atom stereocenters. The molecule has 0 N–H and O–H groups in total. The van der Waals surface area contributed by atoms with Crippen LogP contribution in [0.4, 0.5) is 0 Å². The number of hydrogen-bond donors (Lipinski definition) is 0. The van der Waals surface area contributed by atoms with Gasteiger partial charge in [0.25, 0.3) is 0 Å². The van der Waals surface area contributed by atoms with E-state index in [0.29, 0.717) is 10.1 Å². The summed E-state index contributed by atoms with van der Waals surface area (Å²) in [4.78, 5) is 4.43. The van der Waals surface area contributed by atoms with Crippen LogP contribution in [0.1, 0.15) is 5.56 Å². The number of fused-ring (bicyclic) bond motifs is 1. The highest BCUT2D eigenvalue weighted by Crippen LogP contribution is 2.25. The first-order valence-corrected chi connectivity index (χ1v) is 7.74. The Labute approximate surface area is 112 Å².